The monoisotopic (exact) mass is 183 g/mol. The van der Waals surface area contributed by atoms with Crippen LogP contribution in [0.25, 0.3) is 0 Å². The van der Waals surface area contributed by atoms with Crippen LogP contribution in [0.4, 0.5) is 0 Å². The van der Waals surface area contributed by atoms with Crippen molar-refractivity contribution in [1.82, 2.24) is 5.32 Å². The zero-order valence-electron chi connectivity index (χ0n) is 8.59. The Balaban J connectivity index is 2.01. The third kappa shape index (κ3) is 5.06. The number of nitrogens with one attached hydrogen (secondary N) is 1. The van der Waals surface area contributed by atoms with Crippen LogP contribution in [0.3, 0.4) is 0 Å². The minimum absolute atomic E-state index is 0.773. The Hall–Kier alpha value is -0.340. The molecule has 0 saturated carbocycles. The predicted molar refractivity (Wildman–Crippen MR) is 55.8 cm³/mol. The molecule has 0 aromatic rings. The fourth-order valence-electron chi connectivity index (χ4n) is 1.56. The van der Waals surface area contributed by atoms with Gasteiger partial charge >= 0.3 is 0 Å². The van der Waals surface area contributed by atoms with Crippen molar-refractivity contribution in [1.29, 1.82) is 0 Å². The van der Waals surface area contributed by atoms with E-state index in [9.17, 15) is 0 Å². The number of allylic oxidation sites excluding steroid dienone is 1. The van der Waals surface area contributed by atoms with Crippen LogP contribution in [0.2, 0.25) is 0 Å². The Kier molecular flexibility index (Phi) is 5.87. The van der Waals surface area contributed by atoms with Gasteiger partial charge in [-0.2, -0.15) is 0 Å². The number of hydrogen-bond donors (Lipinski definition) is 1. The summed E-state index contributed by atoms with van der Waals surface area (Å²) in [6, 6.07) is 0. The molecule has 0 spiro atoms. The maximum absolute atomic E-state index is 5.30. The van der Waals surface area contributed by atoms with Crippen LogP contribution in [-0.2, 0) is 4.74 Å². The summed E-state index contributed by atoms with van der Waals surface area (Å²) in [6.45, 7) is 6.22. The topological polar surface area (TPSA) is 21.3 Å². The zero-order chi connectivity index (χ0) is 9.36. The molecular weight excluding hydrogens is 162 g/mol. The number of rotatable bonds is 5. The molecule has 13 heavy (non-hydrogen) atoms. The van der Waals surface area contributed by atoms with Crippen LogP contribution in [-0.4, -0.2) is 26.3 Å². The lowest BCUT2D eigenvalue weighted by Crippen LogP contribution is -2.14. The van der Waals surface area contributed by atoms with Gasteiger partial charge in [0.1, 0.15) is 0 Å². The maximum atomic E-state index is 5.30. The minimum Gasteiger partial charge on any atom is -0.381 e. The van der Waals surface area contributed by atoms with Crippen molar-refractivity contribution in [3.8, 4) is 0 Å². The van der Waals surface area contributed by atoms with Crippen molar-refractivity contribution in [2.24, 2.45) is 5.92 Å². The molecule has 1 aliphatic rings. The van der Waals surface area contributed by atoms with E-state index in [0.29, 0.717) is 0 Å². The fourth-order valence-corrected chi connectivity index (χ4v) is 1.56. The summed E-state index contributed by atoms with van der Waals surface area (Å²) in [6.07, 6.45) is 8.24. The molecule has 1 fully saturated rings. The molecule has 0 aromatic carbocycles. The van der Waals surface area contributed by atoms with Gasteiger partial charge in [-0.25, -0.2) is 0 Å². The van der Waals surface area contributed by atoms with E-state index in [1.807, 2.05) is 0 Å². The van der Waals surface area contributed by atoms with E-state index in [1.54, 1.807) is 0 Å². The summed E-state index contributed by atoms with van der Waals surface area (Å²) in [5.74, 6) is 0.773. The Labute approximate surface area is 81.4 Å². The lowest BCUT2D eigenvalue weighted by molar-refractivity contribution is 0.0785. The van der Waals surface area contributed by atoms with Gasteiger partial charge < -0.3 is 10.1 Å². The van der Waals surface area contributed by atoms with Crippen molar-refractivity contribution in [2.75, 3.05) is 26.3 Å². The SMILES string of the molecule is CCNCCC=CC1CCOCC1. The highest BCUT2D eigenvalue weighted by molar-refractivity contribution is 4.89. The smallest absolute Gasteiger partial charge is 0.0471 e. The molecule has 0 aliphatic carbocycles. The quantitative estimate of drug-likeness (QED) is 0.520. The summed E-state index contributed by atoms with van der Waals surface area (Å²) in [4.78, 5) is 0. The van der Waals surface area contributed by atoms with Crippen molar-refractivity contribution in [3.63, 3.8) is 0 Å². The Morgan fingerprint density at radius 1 is 1.38 bits per heavy atom. The first-order chi connectivity index (χ1) is 6.43. The first-order valence-electron chi connectivity index (χ1n) is 5.38. The van der Waals surface area contributed by atoms with Crippen molar-refractivity contribution < 1.29 is 4.74 Å². The van der Waals surface area contributed by atoms with Gasteiger partial charge in [0.2, 0.25) is 0 Å². The summed E-state index contributed by atoms with van der Waals surface area (Å²) < 4.78 is 5.30. The van der Waals surface area contributed by atoms with Gasteiger partial charge in [0.05, 0.1) is 0 Å². The van der Waals surface area contributed by atoms with Gasteiger partial charge in [-0.1, -0.05) is 19.1 Å². The van der Waals surface area contributed by atoms with E-state index in [-0.39, 0.29) is 0 Å². The van der Waals surface area contributed by atoms with Crippen LogP contribution in [0.1, 0.15) is 26.2 Å². The molecule has 1 N–H and O–H groups in total. The second-order valence-corrected chi connectivity index (χ2v) is 3.52. The molecule has 2 heteroatoms. The Bertz CT molecular complexity index is 139. The van der Waals surface area contributed by atoms with Crippen molar-refractivity contribution in [2.45, 2.75) is 26.2 Å². The highest BCUT2D eigenvalue weighted by Crippen LogP contribution is 2.15. The number of hydrogen-bond acceptors (Lipinski definition) is 2. The second kappa shape index (κ2) is 7.10. The summed E-state index contributed by atoms with van der Waals surface area (Å²) >= 11 is 0. The van der Waals surface area contributed by atoms with Gasteiger partial charge in [-0.3, -0.25) is 0 Å². The van der Waals surface area contributed by atoms with Crippen molar-refractivity contribution in [3.05, 3.63) is 12.2 Å². The van der Waals surface area contributed by atoms with E-state index in [4.69, 9.17) is 4.74 Å². The van der Waals surface area contributed by atoms with Crippen LogP contribution in [0, 0.1) is 5.92 Å². The largest absolute Gasteiger partial charge is 0.381 e. The third-order valence-electron chi connectivity index (χ3n) is 2.41. The third-order valence-corrected chi connectivity index (χ3v) is 2.41. The normalized spacial score (nSPS) is 19.8. The Morgan fingerprint density at radius 2 is 2.15 bits per heavy atom. The zero-order valence-corrected chi connectivity index (χ0v) is 8.59. The highest BCUT2D eigenvalue weighted by Gasteiger charge is 2.09. The van der Waals surface area contributed by atoms with Gasteiger partial charge in [0.15, 0.2) is 0 Å². The van der Waals surface area contributed by atoms with Gasteiger partial charge in [-0.05, 0) is 38.3 Å². The molecule has 0 bridgehead atoms. The Morgan fingerprint density at radius 3 is 2.85 bits per heavy atom. The number of ether oxygens (including phenoxy) is 1. The molecule has 1 rings (SSSR count). The maximum Gasteiger partial charge on any atom is 0.0471 e. The molecule has 1 saturated heterocycles. The van der Waals surface area contributed by atoms with Crippen LogP contribution < -0.4 is 5.32 Å². The standard InChI is InChI=1S/C11H21NO/c1-2-12-8-4-3-5-11-6-9-13-10-7-11/h3,5,11-12H,2,4,6-10H2,1H3. The average molecular weight is 183 g/mol. The molecule has 0 radical (unpaired) electrons. The van der Waals surface area contributed by atoms with E-state index in [2.05, 4.69) is 24.4 Å². The summed E-state index contributed by atoms with van der Waals surface area (Å²) in [5.41, 5.74) is 0. The first-order valence-corrected chi connectivity index (χ1v) is 5.38. The molecule has 0 unspecified atom stereocenters. The van der Waals surface area contributed by atoms with Gasteiger partial charge in [0.25, 0.3) is 0 Å². The molecular formula is C11H21NO. The van der Waals surface area contributed by atoms with Crippen LogP contribution in [0.5, 0.6) is 0 Å². The van der Waals surface area contributed by atoms with Gasteiger partial charge in [0, 0.05) is 13.2 Å². The lowest BCUT2D eigenvalue weighted by atomic mass is 10.00. The van der Waals surface area contributed by atoms with Crippen LogP contribution >= 0.6 is 0 Å². The molecule has 2 nitrogen and oxygen atoms in total. The fraction of sp³-hybridized carbons (Fsp3) is 0.818. The minimum atomic E-state index is 0.773. The lowest BCUT2D eigenvalue weighted by Gasteiger charge is -2.18. The summed E-state index contributed by atoms with van der Waals surface area (Å²) in [7, 11) is 0. The van der Waals surface area contributed by atoms with Gasteiger partial charge in [-0.15, -0.1) is 0 Å². The molecule has 0 atom stereocenters. The van der Waals surface area contributed by atoms with Crippen LogP contribution in [0.15, 0.2) is 12.2 Å². The molecule has 1 aliphatic heterocycles. The summed E-state index contributed by atoms with van der Waals surface area (Å²) in [5, 5.41) is 3.31. The van der Waals surface area contributed by atoms with E-state index in [0.717, 1.165) is 38.6 Å². The van der Waals surface area contributed by atoms with E-state index >= 15 is 0 Å². The van der Waals surface area contributed by atoms with E-state index < -0.39 is 0 Å². The average Bonchev–Trinajstić information content (AvgIpc) is 2.19. The molecule has 76 valence electrons. The second-order valence-electron chi connectivity index (χ2n) is 3.52. The first kappa shape index (κ1) is 10.7. The van der Waals surface area contributed by atoms with E-state index in [1.165, 1.54) is 12.8 Å². The predicted octanol–water partition coefficient (Wildman–Crippen LogP) is 1.97. The molecule has 1 heterocycles. The molecule has 0 amide bonds. The highest BCUT2D eigenvalue weighted by atomic mass is 16.5. The van der Waals surface area contributed by atoms with Crippen molar-refractivity contribution >= 4 is 0 Å². The molecule has 0 aromatic heterocycles.